The molecule has 0 aliphatic rings. The topological polar surface area (TPSA) is 90.3 Å². The molecule has 0 radical (unpaired) electrons. The van der Waals surface area contributed by atoms with Gasteiger partial charge >= 0.3 is 0 Å². The van der Waals surface area contributed by atoms with E-state index in [0.29, 0.717) is 18.1 Å². The summed E-state index contributed by atoms with van der Waals surface area (Å²) in [4.78, 5) is 11.9. The van der Waals surface area contributed by atoms with E-state index in [2.05, 4.69) is 9.82 Å². The molecule has 0 fully saturated rings. The molecule has 0 spiro atoms. The summed E-state index contributed by atoms with van der Waals surface area (Å²) in [6.45, 7) is 8.13. The zero-order valence-corrected chi connectivity index (χ0v) is 16.3. The van der Waals surface area contributed by atoms with Crippen LogP contribution in [0.4, 0.5) is 0 Å². The molecule has 0 saturated carbocycles. The van der Waals surface area contributed by atoms with Crippen LogP contribution in [0.5, 0.6) is 5.75 Å². The number of nitrogens with one attached hydrogen (secondary N) is 1. The Bertz CT molecular complexity index is 920. The van der Waals surface area contributed by atoms with Crippen LogP contribution in [0.25, 0.3) is 0 Å². The third-order valence-corrected chi connectivity index (χ3v) is 5.32. The number of hydrogen-bond donors (Lipinski definition) is 1. The predicted molar refractivity (Wildman–Crippen MR) is 100 cm³/mol. The highest BCUT2D eigenvalue weighted by atomic mass is 32.2. The standard InChI is InChI=1S/C18H25N3O4S/c1-5-25-16-8-7-15(13(2)3)12-17(16)26(23,24)19-10-11-21-18(22)9-6-14(4)20-21/h6-9,12-13,19H,5,10-11H2,1-4H3. The van der Waals surface area contributed by atoms with E-state index in [9.17, 15) is 13.2 Å². The molecule has 1 aromatic heterocycles. The molecule has 2 rings (SSSR count). The van der Waals surface area contributed by atoms with E-state index in [4.69, 9.17) is 4.74 Å². The minimum absolute atomic E-state index is 0.0518. The highest BCUT2D eigenvalue weighted by Gasteiger charge is 2.20. The zero-order chi connectivity index (χ0) is 19.3. The van der Waals surface area contributed by atoms with Crippen molar-refractivity contribution in [2.75, 3.05) is 13.2 Å². The van der Waals surface area contributed by atoms with E-state index in [1.165, 1.54) is 10.7 Å². The molecule has 0 amide bonds. The van der Waals surface area contributed by atoms with E-state index in [-0.39, 0.29) is 29.5 Å². The molecule has 0 aliphatic carbocycles. The van der Waals surface area contributed by atoms with Crippen molar-refractivity contribution in [3.05, 3.63) is 51.9 Å². The molecule has 2 aromatic rings. The van der Waals surface area contributed by atoms with Gasteiger partial charge in [0.25, 0.3) is 5.56 Å². The molecular formula is C18H25N3O4S. The van der Waals surface area contributed by atoms with Gasteiger partial charge in [-0.15, -0.1) is 0 Å². The van der Waals surface area contributed by atoms with Crippen LogP contribution in [0.15, 0.2) is 40.0 Å². The summed E-state index contributed by atoms with van der Waals surface area (Å²) in [6, 6.07) is 8.21. The Morgan fingerprint density at radius 1 is 1.23 bits per heavy atom. The molecule has 0 aliphatic heterocycles. The maximum absolute atomic E-state index is 12.7. The van der Waals surface area contributed by atoms with Gasteiger partial charge in [0.2, 0.25) is 10.0 Å². The third-order valence-electron chi connectivity index (χ3n) is 3.84. The number of ether oxygens (including phenoxy) is 1. The lowest BCUT2D eigenvalue weighted by molar-refractivity contribution is 0.330. The first-order valence-corrected chi connectivity index (χ1v) is 10.0. The SMILES string of the molecule is CCOc1ccc(C(C)C)cc1S(=O)(=O)NCCn1nc(C)ccc1=O. The summed E-state index contributed by atoms with van der Waals surface area (Å²) in [5.41, 5.74) is 1.33. The summed E-state index contributed by atoms with van der Waals surface area (Å²) >= 11 is 0. The summed E-state index contributed by atoms with van der Waals surface area (Å²) < 4.78 is 34.7. The van der Waals surface area contributed by atoms with Crippen molar-refractivity contribution in [3.8, 4) is 5.75 Å². The number of nitrogens with zero attached hydrogens (tertiary/aromatic N) is 2. The smallest absolute Gasteiger partial charge is 0.266 e. The lowest BCUT2D eigenvalue weighted by atomic mass is 10.0. The molecule has 0 atom stereocenters. The normalized spacial score (nSPS) is 11.7. The van der Waals surface area contributed by atoms with Crippen molar-refractivity contribution in [3.63, 3.8) is 0 Å². The monoisotopic (exact) mass is 379 g/mol. The van der Waals surface area contributed by atoms with Crippen LogP contribution in [0.2, 0.25) is 0 Å². The van der Waals surface area contributed by atoms with Crippen LogP contribution >= 0.6 is 0 Å². The first kappa shape index (κ1) is 20.1. The van der Waals surface area contributed by atoms with Gasteiger partial charge in [0.05, 0.1) is 18.8 Å². The lowest BCUT2D eigenvalue weighted by Crippen LogP contribution is -2.32. The molecule has 26 heavy (non-hydrogen) atoms. The Labute approximate surface area is 154 Å². The Morgan fingerprint density at radius 3 is 2.62 bits per heavy atom. The Morgan fingerprint density at radius 2 is 1.96 bits per heavy atom. The average Bonchev–Trinajstić information content (AvgIpc) is 2.58. The van der Waals surface area contributed by atoms with Gasteiger partial charge in [-0.1, -0.05) is 19.9 Å². The second-order valence-electron chi connectivity index (χ2n) is 6.23. The number of hydrogen-bond acceptors (Lipinski definition) is 5. The van der Waals surface area contributed by atoms with Gasteiger partial charge in [0.1, 0.15) is 10.6 Å². The average molecular weight is 379 g/mol. The highest BCUT2D eigenvalue weighted by Crippen LogP contribution is 2.28. The molecule has 7 nitrogen and oxygen atoms in total. The van der Waals surface area contributed by atoms with Gasteiger partial charge in [-0.05, 0) is 43.5 Å². The van der Waals surface area contributed by atoms with Gasteiger partial charge in [-0.2, -0.15) is 5.10 Å². The van der Waals surface area contributed by atoms with Crippen molar-refractivity contribution in [1.82, 2.24) is 14.5 Å². The van der Waals surface area contributed by atoms with E-state index in [0.717, 1.165) is 5.56 Å². The van der Waals surface area contributed by atoms with Crippen LogP contribution in [-0.2, 0) is 16.6 Å². The first-order chi connectivity index (χ1) is 12.2. The molecule has 142 valence electrons. The number of rotatable bonds is 8. The van der Waals surface area contributed by atoms with E-state index in [1.54, 1.807) is 32.0 Å². The quantitative estimate of drug-likeness (QED) is 0.758. The Hall–Kier alpha value is -2.19. The van der Waals surface area contributed by atoms with E-state index < -0.39 is 10.0 Å². The first-order valence-electron chi connectivity index (χ1n) is 8.55. The highest BCUT2D eigenvalue weighted by molar-refractivity contribution is 7.89. The van der Waals surface area contributed by atoms with Crippen molar-refractivity contribution in [2.24, 2.45) is 0 Å². The zero-order valence-electron chi connectivity index (χ0n) is 15.5. The summed E-state index contributed by atoms with van der Waals surface area (Å²) in [7, 11) is -3.78. The molecule has 1 heterocycles. The van der Waals surface area contributed by atoms with Gasteiger partial charge in [-0.25, -0.2) is 17.8 Å². The van der Waals surface area contributed by atoms with Crippen LogP contribution in [0, 0.1) is 6.92 Å². The predicted octanol–water partition coefficient (Wildman–Crippen LogP) is 2.05. The molecule has 1 aromatic carbocycles. The summed E-state index contributed by atoms with van der Waals surface area (Å²) in [5.74, 6) is 0.505. The fraction of sp³-hybridized carbons (Fsp3) is 0.444. The second kappa shape index (κ2) is 8.46. The van der Waals surface area contributed by atoms with Crippen molar-refractivity contribution < 1.29 is 13.2 Å². The number of sulfonamides is 1. The fourth-order valence-corrected chi connectivity index (χ4v) is 3.64. The summed E-state index contributed by atoms with van der Waals surface area (Å²) in [5, 5.41) is 4.09. The fourth-order valence-electron chi connectivity index (χ4n) is 2.44. The minimum Gasteiger partial charge on any atom is -0.492 e. The largest absolute Gasteiger partial charge is 0.492 e. The maximum Gasteiger partial charge on any atom is 0.266 e. The van der Waals surface area contributed by atoms with Crippen LogP contribution in [0.1, 0.15) is 37.9 Å². The number of aromatic nitrogens is 2. The maximum atomic E-state index is 12.7. The Kier molecular flexibility index (Phi) is 6.55. The molecular weight excluding hydrogens is 354 g/mol. The van der Waals surface area contributed by atoms with Crippen molar-refractivity contribution in [2.45, 2.75) is 45.1 Å². The lowest BCUT2D eigenvalue weighted by Gasteiger charge is -2.15. The van der Waals surface area contributed by atoms with Crippen LogP contribution in [0.3, 0.4) is 0 Å². The molecule has 1 N–H and O–H groups in total. The van der Waals surface area contributed by atoms with Crippen LogP contribution in [-0.4, -0.2) is 31.3 Å². The van der Waals surface area contributed by atoms with E-state index in [1.807, 2.05) is 19.9 Å². The number of benzene rings is 1. The van der Waals surface area contributed by atoms with Crippen molar-refractivity contribution in [1.29, 1.82) is 0 Å². The Balaban J connectivity index is 2.22. The van der Waals surface area contributed by atoms with Gasteiger partial charge in [0, 0.05) is 12.6 Å². The number of aryl methyl sites for hydroxylation is 1. The minimum atomic E-state index is -3.78. The third kappa shape index (κ3) is 4.92. The molecule has 8 heteroatoms. The van der Waals surface area contributed by atoms with Crippen LogP contribution < -0.4 is 15.0 Å². The summed E-state index contributed by atoms with van der Waals surface area (Å²) in [6.07, 6.45) is 0. The molecule has 0 saturated heterocycles. The van der Waals surface area contributed by atoms with Gasteiger partial charge < -0.3 is 4.74 Å². The van der Waals surface area contributed by atoms with E-state index >= 15 is 0 Å². The van der Waals surface area contributed by atoms with Gasteiger partial charge in [0.15, 0.2) is 0 Å². The second-order valence-corrected chi connectivity index (χ2v) is 7.96. The molecule has 0 bridgehead atoms. The van der Waals surface area contributed by atoms with Gasteiger partial charge in [-0.3, -0.25) is 4.79 Å². The van der Waals surface area contributed by atoms with Crippen molar-refractivity contribution >= 4 is 10.0 Å². The molecule has 0 unspecified atom stereocenters.